The summed E-state index contributed by atoms with van der Waals surface area (Å²) in [5, 5.41) is 1.12. The highest BCUT2D eigenvalue weighted by molar-refractivity contribution is 7.94. The minimum absolute atomic E-state index is 0.0286. The Labute approximate surface area is 178 Å². The number of rotatable bonds is 4. The van der Waals surface area contributed by atoms with Crippen LogP contribution >= 0.6 is 12.0 Å². The van der Waals surface area contributed by atoms with Crippen LogP contribution in [0.5, 0.6) is 0 Å². The van der Waals surface area contributed by atoms with Crippen LogP contribution in [0.4, 0.5) is 0 Å². The van der Waals surface area contributed by atoms with Crippen molar-refractivity contribution in [3.63, 3.8) is 0 Å². The van der Waals surface area contributed by atoms with Gasteiger partial charge in [-0.1, -0.05) is 32.0 Å². The molecule has 0 amide bonds. The van der Waals surface area contributed by atoms with Crippen molar-refractivity contribution < 1.29 is 13.7 Å². The summed E-state index contributed by atoms with van der Waals surface area (Å²) < 4.78 is 13.0. The van der Waals surface area contributed by atoms with E-state index in [4.69, 9.17) is 13.9 Å². The van der Waals surface area contributed by atoms with Gasteiger partial charge in [-0.2, -0.15) is 0 Å². The van der Waals surface area contributed by atoms with Gasteiger partial charge >= 0.3 is 5.97 Å². The predicted molar refractivity (Wildman–Crippen MR) is 116 cm³/mol. The maximum Gasteiger partial charge on any atom is 0.344 e. The molecule has 30 heavy (non-hydrogen) atoms. The van der Waals surface area contributed by atoms with Crippen molar-refractivity contribution in [3.05, 3.63) is 62.9 Å². The van der Waals surface area contributed by atoms with Gasteiger partial charge in [0.25, 0.3) is 5.56 Å². The average molecular weight is 423 g/mol. The van der Waals surface area contributed by atoms with Crippen LogP contribution < -0.4 is 5.56 Å². The molecule has 7 heteroatoms. The molecule has 2 aliphatic heterocycles. The Hall–Kier alpha value is -2.64. The van der Waals surface area contributed by atoms with Crippen LogP contribution in [-0.2, 0) is 38.9 Å². The number of ether oxygens (including phenoxy) is 1. The van der Waals surface area contributed by atoms with Gasteiger partial charge in [0.15, 0.2) is 0 Å². The zero-order valence-corrected chi connectivity index (χ0v) is 18.0. The molecule has 0 bridgehead atoms. The van der Waals surface area contributed by atoms with E-state index in [1.54, 1.807) is 10.8 Å². The maximum absolute atomic E-state index is 13.5. The van der Waals surface area contributed by atoms with Crippen LogP contribution in [-0.4, -0.2) is 21.8 Å². The number of fused-ring (bicyclic) bond motifs is 5. The largest absolute Gasteiger partial charge is 0.458 e. The molecular weight excluding hydrogens is 400 g/mol. The van der Waals surface area contributed by atoms with Gasteiger partial charge in [-0.25, -0.2) is 9.78 Å². The Bertz CT molecular complexity index is 1270. The molecule has 0 unspecified atom stereocenters. The molecular formula is C23H22N2O4S. The van der Waals surface area contributed by atoms with Crippen LogP contribution in [0, 0.1) is 0 Å². The lowest BCUT2D eigenvalue weighted by atomic mass is 9.86. The lowest BCUT2D eigenvalue weighted by Gasteiger charge is -2.34. The van der Waals surface area contributed by atoms with Gasteiger partial charge in [0.2, 0.25) is 5.60 Å². The fraction of sp³-hybridized carbons (Fsp3) is 0.348. The molecule has 2 aromatic heterocycles. The topological polar surface area (TPSA) is 70.4 Å². The monoisotopic (exact) mass is 422 g/mol. The first kappa shape index (κ1) is 19.3. The summed E-state index contributed by atoms with van der Waals surface area (Å²) in [4.78, 5) is 31.1. The number of pyridine rings is 2. The third-order valence-corrected chi connectivity index (χ3v) is 6.71. The van der Waals surface area contributed by atoms with E-state index in [1.807, 2.05) is 31.2 Å². The fourth-order valence-corrected chi connectivity index (χ4v) is 5.35. The van der Waals surface area contributed by atoms with Gasteiger partial charge in [-0.3, -0.25) is 8.98 Å². The van der Waals surface area contributed by atoms with E-state index in [1.165, 1.54) is 5.56 Å². The van der Waals surface area contributed by atoms with Crippen LogP contribution in [0.3, 0.4) is 0 Å². The Morgan fingerprint density at radius 2 is 2.03 bits per heavy atom. The van der Waals surface area contributed by atoms with Crippen molar-refractivity contribution >= 4 is 28.9 Å². The van der Waals surface area contributed by atoms with Gasteiger partial charge < -0.3 is 9.30 Å². The second kappa shape index (κ2) is 6.96. The molecule has 3 aromatic rings. The van der Waals surface area contributed by atoms with E-state index in [0.717, 1.165) is 46.3 Å². The number of carbonyl (C=O) groups is 1. The first-order valence-electron chi connectivity index (χ1n) is 10.1. The molecule has 0 saturated heterocycles. The number of cyclic esters (lactones) is 1. The highest BCUT2D eigenvalue weighted by Crippen LogP contribution is 2.43. The number of carbonyl (C=O) groups excluding carboxylic acids is 1. The summed E-state index contributed by atoms with van der Waals surface area (Å²) in [6.45, 7) is 4.44. The third-order valence-electron chi connectivity index (χ3n) is 6.26. The number of aromatic nitrogens is 2. The molecule has 1 atom stereocenters. The molecule has 154 valence electrons. The van der Waals surface area contributed by atoms with Crippen LogP contribution in [0.1, 0.15) is 42.5 Å². The zero-order valence-electron chi connectivity index (χ0n) is 17.2. The molecule has 2 aliphatic rings. The number of hydrogen-bond donors (Lipinski definition) is 0. The quantitative estimate of drug-likeness (QED) is 0.366. The molecule has 6 nitrogen and oxygen atoms in total. The minimum atomic E-state index is -1.28. The van der Waals surface area contributed by atoms with Gasteiger partial charge in [0.05, 0.1) is 29.0 Å². The lowest BCUT2D eigenvalue weighted by molar-refractivity contribution is -0.167. The molecule has 0 spiro atoms. The Kier molecular flexibility index (Phi) is 4.48. The first-order valence-corrected chi connectivity index (χ1v) is 11.3. The highest BCUT2D eigenvalue weighted by atomic mass is 32.2. The molecule has 0 fully saturated rings. The van der Waals surface area contributed by atoms with Crippen molar-refractivity contribution in [2.75, 3.05) is 6.26 Å². The molecule has 4 heterocycles. The SMILES string of the molecule is CCc1c2c(nc3ccccc13)-c1cc3c(c(=O)n1C2)COC(=O)[C@@]3(CC)OSC. The van der Waals surface area contributed by atoms with Crippen molar-refractivity contribution in [3.8, 4) is 11.4 Å². The van der Waals surface area contributed by atoms with E-state index in [0.29, 0.717) is 24.1 Å². The molecule has 0 saturated carbocycles. The van der Waals surface area contributed by atoms with E-state index in [2.05, 4.69) is 13.0 Å². The summed E-state index contributed by atoms with van der Waals surface area (Å²) in [5.74, 6) is -0.449. The lowest BCUT2D eigenvalue weighted by Crippen LogP contribution is -2.45. The molecule has 0 radical (unpaired) electrons. The van der Waals surface area contributed by atoms with E-state index in [9.17, 15) is 9.59 Å². The molecule has 0 N–H and O–H groups in total. The van der Waals surface area contributed by atoms with Crippen LogP contribution in [0.25, 0.3) is 22.3 Å². The van der Waals surface area contributed by atoms with Crippen LogP contribution in [0.2, 0.25) is 0 Å². The Morgan fingerprint density at radius 1 is 1.23 bits per heavy atom. The highest BCUT2D eigenvalue weighted by Gasteiger charge is 2.48. The van der Waals surface area contributed by atoms with Gasteiger partial charge in [0, 0.05) is 22.8 Å². The first-order chi connectivity index (χ1) is 14.6. The predicted octanol–water partition coefficient (Wildman–Crippen LogP) is 3.94. The van der Waals surface area contributed by atoms with Crippen molar-refractivity contribution in [1.82, 2.24) is 9.55 Å². The number of para-hydroxylation sites is 1. The summed E-state index contributed by atoms with van der Waals surface area (Å²) in [6, 6.07) is 9.99. The van der Waals surface area contributed by atoms with Gasteiger partial charge in [-0.15, -0.1) is 0 Å². The summed E-state index contributed by atoms with van der Waals surface area (Å²) in [7, 11) is 0. The number of aryl methyl sites for hydroxylation is 1. The van der Waals surface area contributed by atoms with Crippen molar-refractivity contribution in [2.45, 2.75) is 45.4 Å². The maximum atomic E-state index is 13.5. The van der Waals surface area contributed by atoms with Gasteiger partial charge in [-0.05, 0) is 42.6 Å². The third kappa shape index (κ3) is 2.45. The van der Waals surface area contributed by atoms with Crippen molar-refractivity contribution in [2.24, 2.45) is 0 Å². The summed E-state index contributed by atoms with van der Waals surface area (Å²) >= 11 is 1.11. The average Bonchev–Trinajstić information content (AvgIpc) is 3.13. The number of hydrogen-bond acceptors (Lipinski definition) is 6. The zero-order chi connectivity index (χ0) is 21.0. The Balaban J connectivity index is 1.82. The molecule has 5 rings (SSSR count). The Morgan fingerprint density at radius 3 is 2.77 bits per heavy atom. The molecule has 0 aliphatic carbocycles. The van der Waals surface area contributed by atoms with Crippen LogP contribution in [0.15, 0.2) is 35.1 Å². The standard InChI is InChI=1S/C23H22N2O4S/c1-4-13-14-8-6-7-9-18(14)24-20-15(13)11-25-19(20)10-17-16(21(25)26)12-28-22(27)23(17,5-2)29-30-3/h6-10H,4-5,11-12H2,1-3H3/t23-/m0/s1. The smallest absolute Gasteiger partial charge is 0.344 e. The normalized spacial score (nSPS) is 19.4. The van der Waals surface area contributed by atoms with E-state index < -0.39 is 11.6 Å². The molecule has 1 aromatic carbocycles. The second-order valence-electron chi connectivity index (χ2n) is 7.61. The minimum Gasteiger partial charge on any atom is -0.458 e. The summed E-state index contributed by atoms with van der Waals surface area (Å²) in [6.07, 6.45) is 2.99. The van der Waals surface area contributed by atoms with Gasteiger partial charge in [0.1, 0.15) is 6.61 Å². The van der Waals surface area contributed by atoms with Crippen molar-refractivity contribution in [1.29, 1.82) is 0 Å². The number of esters is 1. The number of nitrogens with zero attached hydrogens (tertiary/aromatic N) is 2. The second-order valence-corrected chi connectivity index (χ2v) is 8.11. The fourth-order valence-electron chi connectivity index (χ4n) is 4.79. The summed E-state index contributed by atoms with van der Waals surface area (Å²) in [5.41, 5.74) is 4.44. The van der Waals surface area contributed by atoms with E-state index >= 15 is 0 Å². The van der Waals surface area contributed by atoms with E-state index in [-0.39, 0.29) is 12.2 Å². The number of benzene rings is 1.